The summed E-state index contributed by atoms with van der Waals surface area (Å²) in [5.41, 5.74) is 4.35. The molecule has 190 valence electrons. The largest absolute Gasteiger partial charge is 0.435 e. The van der Waals surface area contributed by atoms with Crippen LogP contribution in [0.4, 0.5) is 13.2 Å². The zero-order valence-electron chi connectivity index (χ0n) is 19.7. The minimum atomic E-state index is -4.53. The molecular formula is C25H26F3N5O2S. The summed E-state index contributed by atoms with van der Waals surface area (Å²) in [5, 5.41) is 6.68. The molecule has 7 nitrogen and oxygen atoms in total. The average molecular weight is 518 g/mol. The van der Waals surface area contributed by atoms with Crippen LogP contribution < -0.4 is 5.48 Å². The molecule has 2 aromatic heterocycles. The molecule has 1 amide bonds. The molecule has 1 aromatic carbocycles. The molecule has 1 atom stereocenters. The van der Waals surface area contributed by atoms with E-state index in [9.17, 15) is 18.0 Å². The minimum absolute atomic E-state index is 0.129. The summed E-state index contributed by atoms with van der Waals surface area (Å²) in [6.07, 6.45) is -0.632. The van der Waals surface area contributed by atoms with Crippen LogP contribution in [0, 0.1) is 0 Å². The van der Waals surface area contributed by atoms with Crippen molar-refractivity contribution in [1.82, 2.24) is 25.1 Å². The van der Waals surface area contributed by atoms with Crippen LogP contribution in [0.1, 0.15) is 59.4 Å². The first-order chi connectivity index (χ1) is 17.3. The Morgan fingerprint density at radius 2 is 1.97 bits per heavy atom. The number of carbonyl (C=O) groups excluding carboxylic acids is 1. The van der Waals surface area contributed by atoms with Gasteiger partial charge < -0.3 is 9.74 Å². The molecule has 1 N–H and O–H groups in total. The molecule has 36 heavy (non-hydrogen) atoms. The van der Waals surface area contributed by atoms with Crippen LogP contribution in [0.25, 0.3) is 5.76 Å². The summed E-state index contributed by atoms with van der Waals surface area (Å²) < 4.78 is 40.2. The smallest absolute Gasteiger partial charge is 0.407 e. The first kappa shape index (κ1) is 24.5. The van der Waals surface area contributed by atoms with Gasteiger partial charge in [-0.3, -0.25) is 9.48 Å². The maximum absolute atomic E-state index is 13.0. The number of rotatable bonds is 6. The number of alkyl halides is 3. The van der Waals surface area contributed by atoms with E-state index in [0.29, 0.717) is 25.2 Å². The number of benzene rings is 1. The molecule has 1 fully saturated rings. The van der Waals surface area contributed by atoms with Crippen LogP contribution in [0.3, 0.4) is 0 Å². The molecule has 11 heteroatoms. The van der Waals surface area contributed by atoms with Crippen molar-refractivity contribution in [2.75, 3.05) is 13.1 Å². The monoisotopic (exact) mass is 517 g/mol. The number of aromatic nitrogens is 3. The molecule has 0 aliphatic carbocycles. The molecular weight excluding hydrogens is 491 g/mol. The minimum Gasteiger partial charge on any atom is -0.407 e. The molecule has 0 bridgehead atoms. The van der Waals surface area contributed by atoms with Gasteiger partial charge in [-0.2, -0.15) is 18.3 Å². The lowest BCUT2D eigenvalue weighted by Crippen LogP contribution is -2.40. The highest BCUT2D eigenvalue weighted by Gasteiger charge is 2.35. The second-order valence-electron chi connectivity index (χ2n) is 8.89. The van der Waals surface area contributed by atoms with Crippen LogP contribution in [0.15, 0.2) is 47.9 Å². The Morgan fingerprint density at radius 1 is 1.22 bits per heavy atom. The number of amides is 1. The summed E-state index contributed by atoms with van der Waals surface area (Å²) in [6.45, 7) is 2.64. The number of hydroxylamine groups is 1. The third kappa shape index (κ3) is 5.17. The Labute approximate surface area is 210 Å². The number of carbonyl (C=O) groups is 1. The predicted molar refractivity (Wildman–Crippen MR) is 129 cm³/mol. The van der Waals surface area contributed by atoms with Crippen molar-refractivity contribution in [1.29, 1.82) is 0 Å². The lowest BCUT2D eigenvalue weighted by Gasteiger charge is -2.31. The molecule has 0 saturated carbocycles. The second kappa shape index (κ2) is 10.1. The molecule has 4 heterocycles. The maximum Gasteiger partial charge on any atom is 0.435 e. The van der Waals surface area contributed by atoms with Crippen LogP contribution in [-0.2, 0) is 28.8 Å². The summed E-state index contributed by atoms with van der Waals surface area (Å²) in [5.74, 6) is 0.791. The van der Waals surface area contributed by atoms with Crippen molar-refractivity contribution in [3.63, 3.8) is 0 Å². The molecule has 5 rings (SSSR count). The van der Waals surface area contributed by atoms with Crippen LogP contribution in [-0.4, -0.2) is 38.7 Å². The highest BCUT2D eigenvalue weighted by atomic mass is 32.1. The van der Waals surface area contributed by atoms with E-state index in [4.69, 9.17) is 9.82 Å². The van der Waals surface area contributed by atoms with Crippen LogP contribution in [0.5, 0.6) is 0 Å². The van der Waals surface area contributed by atoms with Gasteiger partial charge in [0.05, 0.1) is 10.7 Å². The van der Waals surface area contributed by atoms with Gasteiger partial charge >= 0.3 is 6.18 Å². The van der Waals surface area contributed by atoms with Gasteiger partial charge in [0.1, 0.15) is 12.6 Å². The Balaban J connectivity index is 1.18. The van der Waals surface area contributed by atoms with Gasteiger partial charge in [-0.15, -0.1) is 16.8 Å². The number of hydrogen-bond donors (Lipinski definition) is 1. The molecule has 3 aromatic rings. The number of halogens is 3. The van der Waals surface area contributed by atoms with Crippen molar-refractivity contribution in [2.24, 2.45) is 0 Å². The topological polar surface area (TPSA) is 72.3 Å². The van der Waals surface area contributed by atoms with E-state index in [1.54, 1.807) is 23.2 Å². The zero-order chi connectivity index (χ0) is 25.3. The van der Waals surface area contributed by atoms with Gasteiger partial charge in [-0.1, -0.05) is 37.3 Å². The SMILES string of the molecule is CCc1cc(C(F)(F)F)nn1CC(=O)N1CCC(c2nc(C3C=C(c4ccccc4)ON3)cs2)CC1. The van der Waals surface area contributed by atoms with Gasteiger partial charge in [0, 0.05) is 35.6 Å². The first-order valence-electron chi connectivity index (χ1n) is 11.9. The van der Waals surface area contributed by atoms with Gasteiger partial charge in [0.2, 0.25) is 5.91 Å². The molecule has 2 aliphatic rings. The fourth-order valence-electron chi connectivity index (χ4n) is 4.50. The standard InChI is InChI=1S/C25H26F3N5O2S/c1-2-18-12-22(25(26,27)28)30-33(18)14-23(34)32-10-8-17(9-11-32)24-29-20(15-36-24)19-13-21(35-31-19)16-6-4-3-5-7-16/h3-7,12-13,15,17,19,31H,2,8-11,14H2,1H3. The maximum atomic E-state index is 13.0. The number of likely N-dealkylation sites (tertiary alicyclic amines) is 1. The van der Waals surface area contributed by atoms with E-state index in [2.05, 4.69) is 10.6 Å². The Morgan fingerprint density at radius 3 is 2.67 bits per heavy atom. The van der Waals surface area contributed by atoms with Crippen molar-refractivity contribution in [2.45, 2.75) is 50.9 Å². The second-order valence-corrected chi connectivity index (χ2v) is 9.78. The normalized spacial score (nSPS) is 18.8. The van der Waals surface area contributed by atoms with E-state index < -0.39 is 11.9 Å². The third-order valence-corrected chi connectivity index (χ3v) is 7.55. The Hall–Kier alpha value is -3.18. The number of thiazole rings is 1. The van der Waals surface area contributed by atoms with Crippen LogP contribution in [0.2, 0.25) is 0 Å². The molecule has 0 radical (unpaired) electrons. The fraction of sp³-hybridized carbons (Fsp3) is 0.400. The van der Waals surface area contributed by atoms with Gasteiger partial charge in [0.25, 0.3) is 0 Å². The van der Waals surface area contributed by atoms with E-state index in [1.165, 1.54) is 4.68 Å². The van der Waals surface area contributed by atoms with Gasteiger partial charge in [-0.05, 0) is 31.4 Å². The summed E-state index contributed by atoms with van der Waals surface area (Å²) in [6, 6.07) is 10.7. The van der Waals surface area contributed by atoms with Crippen molar-refractivity contribution in [3.8, 4) is 0 Å². The van der Waals surface area contributed by atoms with E-state index in [-0.39, 0.29) is 24.4 Å². The van der Waals surface area contributed by atoms with Crippen LogP contribution >= 0.6 is 11.3 Å². The van der Waals surface area contributed by atoms with Crippen molar-refractivity contribution >= 4 is 23.0 Å². The number of nitrogens with one attached hydrogen (secondary N) is 1. The number of aryl methyl sites for hydroxylation is 1. The number of nitrogens with zero attached hydrogens (tertiary/aromatic N) is 4. The average Bonchev–Trinajstić information content (AvgIpc) is 3.63. The van der Waals surface area contributed by atoms with Crippen molar-refractivity contribution in [3.05, 3.63) is 75.5 Å². The lowest BCUT2D eigenvalue weighted by molar-refractivity contribution is -0.142. The quantitative estimate of drug-likeness (QED) is 0.501. The lowest BCUT2D eigenvalue weighted by atomic mass is 9.97. The summed E-state index contributed by atoms with van der Waals surface area (Å²) in [4.78, 5) is 25.0. The summed E-state index contributed by atoms with van der Waals surface area (Å²) in [7, 11) is 0. The van der Waals surface area contributed by atoms with E-state index in [1.807, 2.05) is 41.8 Å². The number of hydrogen-bond acceptors (Lipinski definition) is 6. The molecule has 0 spiro atoms. The van der Waals surface area contributed by atoms with Crippen molar-refractivity contribution < 1.29 is 22.8 Å². The fourth-order valence-corrected chi connectivity index (χ4v) is 5.53. The first-order valence-corrected chi connectivity index (χ1v) is 12.8. The predicted octanol–water partition coefficient (Wildman–Crippen LogP) is 4.94. The summed E-state index contributed by atoms with van der Waals surface area (Å²) >= 11 is 1.60. The highest BCUT2D eigenvalue weighted by Crippen LogP contribution is 2.34. The third-order valence-electron chi connectivity index (χ3n) is 6.53. The van der Waals surface area contributed by atoms with E-state index >= 15 is 0 Å². The molecule has 1 saturated heterocycles. The number of piperidine rings is 1. The van der Waals surface area contributed by atoms with Gasteiger partial charge in [-0.25, -0.2) is 4.98 Å². The zero-order valence-corrected chi connectivity index (χ0v) is 20.5. The molecule has 2 aliphatic heterocycles. The highest BCUT2D eigenvalue weighted by molar-refractivity contribution is 7.09. The Kier molecular flexibility index (Phi) is 6.85. The van der Waals surface area contributed by atoms with Gasteiger partial charge in [0.15, 0.2) is 11.5 Å². The van der Waals surface area contributed by atoms with E-state index in [0.717, 1.165) is 40.9 Å². The Bertz CT molecular complexity index is 1250. The molecule has 1 unspecified atom stereocenters.